The van der Waals surface area contributed by atoms with Gasteiger partial charge in [-0.3, -0.25) is 4.68 Å². The summed E-state index contributed by atoms with van der Waals surface area (Å²) in [6.07, 6.45) is 3.31. The maximum absolute atomic E-state index is 13.9. The standard InChI is InChI=1S/C14H17FN4O2/c1-3-19-8-9(7-17-19)18-13-5-10(14(20)21-4-2)12(16)6-11(13)15/h5-8,18H,3-4,16H2,1-2H3. The molecule has 112 valence electrons. The minimum absolute atomic E-state index is 0.0424. The zero-order valence-electron chi connectivity index (χ0n) is 11.9. The average Bonchev–Trinajstić information content (AvgIpc) is 2.89. The Morgan fingerprint density at radius 1 is 1.48 bits per heavy atom. The van der Waals surface area contributed by atoms with E-state index in [9.17, 15) is 9.18 Å². The molecule has 0 atom stereocenters. The Balaban J connectivity index is 2.30. The Labute approximate surface area is 121 Å². The molecule has 2 aromatic rings. The average molecular weight is 292 g/mol. The van der Waals surface area contributed by atoms with Gasteiger partial charge in [0.2, 0.25) is 0 Å². The summed E-state index contributed by atoms with van der Waals surface area (Å²) in [5, 5.41) is 6.95. The van der Waals surface area contributed by atoms with E-state index in [2.05, 4.69) is 10.4 Å². The number of carbonyl (C=O) groups excluding carboxylic acids is 1. The fourth-order valence-electron chi connectivity index (χ4n) is 1.83. The first-order valence-electron chi connectivity index (χ1n) is 6.60. The minimum Gasteiger partial charge on any atom is -0.462 e. The number of benzene rings is 1. The van der Waals surface area contributed by atoms with Crippen molar-refractivity contribution in [3.63, 3.8) is 0 Å². The van der Waals surface area contributed by atoms with Gasteiger partial charge in [-0.05, 0) is 26.0 Å². The van der Waals surface area contributed by atoms with Crippen molar-refractivity contribution < 1.29 is 13.9 Å². The number of nitrogens with zero attached hydrogens (tertiary/aromatic N) is 2. The molecule has 2 rings (SSSR count). The molecule has 1 aromatic carbocycles. The van der Waals surface area contributed by atoms with Crippen LogP contribution in [0.15, 0.2) is 24.5 Å². The SMILES string of the molecule is CCOC(=O)c1cc(Nc2cnn(CC)c2)c(F)cc1N. The highest BCUT2D eigenvalue weighted by atomic mass is 19.1. The number of anilines is 3. The molecule has 0 aliphatic rings. The van der Waals surface area contributed by atoms with Crippen molar-refractivity contribution in [2.75, 3.05) is 17.7 Å². The van der Waals surface area contributed by atoms with E-state index in [-0.39, 0.29) is 23.5 Å². The van der Waals surface area contributed by atoms with Crippen LogP contribution in [0.5, 0.6) is 0 Å². The third kappa shape index (κ3) is 3.31. The lowest BCUT2D eigenvalue weighted by molar-refractivity contribution is 0.0527. The molecule has 7 heteroatoms. The number of esters is 1. The van der Waals surface area contributed by atoms with Crippen LogP contribution in [0.1, 0.15) is 24.2 Å². The normalized spacial score (nSPS) is 10.4. The van der Waals surface area contributed by atoms with Crippen molar-refractivity contribution in [2.45, 2.75) is 20.4 Å². The van der Waals surface area contributed by atoms with Crippen LogP contribution in [-0.4, -0.2) is 22.4 Å². The molecular formula is C14H17FN4O2. The summed E-state index contributed by atoms with van der Waals surface area (Å²) < 4.78 is 20.5. The van der Waals surface area contributed by atoms with Gasteiger partial charge >= 0.3 is 5.97 Å². The monoisotopic (exact) mass is 292 g/mol. The first kappa shape index (κ1) is 14.8. The molecule has 0 unspecified atom stereocenters. The van der Waals surface area contributed by atoms with Crippen molar-refractivity contribution in [3.05, 3.63) is 35.9 Å². The molecule has 0 saturated carbocycles. The summed E-state index contributed by atoms with van der Waals surface area (Å²) in [6, 6.07) is 2.44. The smallest absolute Gasteiger partial charge is 0.340 e. The van der Waals surface area contributed by atoms with Crippen molar-refractivity contribution in [3.8, 4) is 0 Å². The summed E-state index contributed by atoms with van der Waals surface area (Å²) >= 11 is 0. The van der Waals surface area contributed by atoms with Gasteiger partial charge in [0.15, 0.2) is 0 Å². The first-order valence-corrected chi connectivity index (χ1v) is 6.60. The number of nitrogen functional groups attached to an aromatic ring is 1. The van der Waals surface area contributed by atoms with Crippen LogP contribution in [0.4, 0.5) is 21.5 Å². The molecule has 1 aromatic heterocycles. The lowest BCUT2D eigenvalue weighted by atomic mass is 10.1. The van der Waals surface area contributed by atoms with Crippen molar-refractivity contribution in [2.24, 2.45) is 0 Å². The third-order valence-corrected chi connectivity index (χ3v) is 2.87. The van der Waals surface area contributed by atoms with Crippen molar-refractivity contribution >= 4 is 23.0 Å². The van der Waals surface area contributed by atoms with Crippen molar-refractivity contribution in [1.29, 1.82) is 0 Å². The van der Waals surface area contributed by atoms with Gasteiger partial charge in [0.05, 0.1) is 29.7 Å². The molecule has 6 nitrogen and oxygen atoms in total. The summed E-state index contributed by atoms with van der Waals surface area (Å²) in [4.78, 5) is 11.8. The minimum atomic E-state index is -0.581. The van der Waals surface area contributed by atoms with Crippen LogP contribution < -0.4 is 11.1 Å². The molecular weight excluding hydrogens is 275 g/mol. The topological polar surface area (TPSA) is 82.2 Å². The maximum atomic E-state index is 13.9. The molecule has 0 bridgehead atoms. The predicted octanol–water partition coefficient (Wildman–Crippen LogP) is 2.54. The van der Waals surface area contributed by atoms with Gasteiger partial charge in [0.1, 0.15) is 5.82 Å². The first-order chi connectivity index (χ1) is 10.0. The molecule has 0 amide bonds. The second-order valence-corrected chi connectivity index (χ2v) is 4.35. The quantitative estimate of drug-likeness (QED) is 0.653. The molecule has 0 fully saturated rings. The molecule has 0 saturated heterocycles. The van der Waals surface area contributed by atoms with E-state index in [4.69, 9.17) is 10.5 Å². The van der Waals surface area contributed by atoms with Gasteiger partial charge in [-0.2, -0.15) is 5.10 Å². The number of nitrogens with one attached hydrogen (secondary N) is 1. The largest absolute Gasteiger partial charge is 0.462 e. The number of nitrogens with two attached hydrogens (primary N) is 1. The third-order valence-electron chi connectivity index (χ3n) is 2.87. The number of carbonyl (C=O) groups is 1. The van der Waals surface area contributed by atoms with Crippen LogP contribution in [0.2, 0.25) is 0 Å². The second kappa shape index (κ2) is 6.25. The van der Waals surface area contributed by atoms with E-state index in [1.165, 1.54) is 6.07 Å². The number of halogens is 1. The molecule has 0 aliphatic carbocycles. The molecule has 0 spiro atoms. The molecule has 0 aliphatic heterocycles. The van der Waals surface area contributed by atoms with Crippen LogP contribution in [0, 0.1) is 5.82 Å². The summed E-state index contributed by atoms with van der Waals surface area (Å²) in [7, 11) is 0. The lowest BCUT2D eigenvalue weighted by Gasteiger charge is -2.10. The van der Waals surface area contributed by atoms with E-state index in [1.807, 2.05) is 6.92 Å². The zero-order chi connectivity index (χ0) is 15.4. The van der Waals surface area contributed by atoms with Gasteiger partial charge < -0.3 is 15.8 Å². The highest BCUT2D eigenvalue weighted by Gasteiger charge is 2.15. The number of aryl methyl sites for hydroxylation is 1. The Kier molecular flexibility index (Phi) is 4.42. The van der Waals surface area contributed by atoms with Gasteiger partial charge in [0.25, 0.3) is 0 Å². The van der Waals surface area contributed by atoms with Gasteiger partial charge in [-0.1, -0.05) is 0 Å². The van der Waals surface area contributed by atoms with E-state index in [1.54, 1.807) is 24.0 Å². The molecule has 3 N–H and O–H groups in total. The highest BCUT2D eigenvalue weighted by molar-refractivity contribution is 5.96. The number of hydrogen-bond acceptors (Lipinski definition) is 5. The summed E-state index contributed by atoms with van der Waals surface area (Å²) in [5.74, 6) is -1.13. The molecule has 1 heterocycles. The van der Waals surface area contributed by atoms with Crippen LogP contribution in [0.25, 0.3) is 0 Å². The Morgan fingerprint density at radius 2 is 2.24 bits per heavy atom. The van der Waals surface area contributed by atoms with Crippen molar-refractivity contribution in [1.82, 2.24) is 9.78 Å². The van der Waals surface area contributed by atoms with Crippen LogP contribution in [0.3, 0.4) is 0 Å². The summed E-state index contributed by atoms with van der Waals surface area (Å²) in [6.45, 7) is 4.57. The number of rotatable bonds is 5. The van der Waals surface area contributed by atoms with Gasteiger partial charge in [-0.15, -0.1) is 0 Å². The lowest BCUT2D eigenvalue weighted by Crippen LogP contribution is -2.09. The van der Waals surface area contributed by atoms with E-state index < -0.39 is 11.8 Å². The Hall–Kier alpha value is -2.57. The van der Waals surface area contributed by atoms with Crippen LogP contribution in [-0.2, 0) is 11.3 Å². The highest BCUT2D eigenvalue weighted by Crippen LogP contribution is 2.25. The fourth-order valence-corrected chi connectivity index (χ4v) is 1.83. The fraction of sp³-hybridized carbons (Fsp3) is 0.286. The maximum Gasteiger partial charge on any atom is 0.340 e. The van der Waals surface area contributed by atoms with E-state index in [0.717, 1.165) is 6.07 Å². The van der Waals surface area contributed by atoms with Gasteiger partial charge in [0, 0.05) is 18.4 Å². The predicted molar refractivity (Wildman–Crippen MR) is 78.0 cm³/mol. The van der Waals surface area contributed by atoms with E-state index in [0.29, 0.717) is 12.2 Å². The molecule has 0 radical (unpaired) electrons. The number of ether oxygens (including phenoxy) is 1. The van der Waals surface area contributed by atoms with Gasteiger partial charge in [-0.25, -0.2) is 9.18 Å². The Morgan fingerprint density at radius 3 is 2.86 bits per heavy atom. The number of aromatic nitrogens is 2. The van der Waals surface area contributed by atoms with E-state index >= 15 is 0 Å². The van der Waals surface area contributed by atoms with Crippen LogP contribution >= 0.6 is 0 Å². The second-order valence-electron chi connectivity index (χ2n) is 4.35. The molecule has 21 heavy (non-hydrogen) atoms. The zero-order valence-corrected chi connectivity index (χ0v) is 11.9. The summed E-state index contributed by atoms with van der Waals surface area (Å²) in [5.41, 5.74) is 6.59. The Bertz CT molecular complexity index is 654. The number of hydrogen-bond donors (Lipinski definition) is 2.